The molecule has 2 rings (SSSR count). The van der Waals surface area contributed by atoms with Crippen molar-refractivity contribution < 1.29 is 4.39 Å². The molecule has 0 atom stereocenters. The maximum Gasteiger partial charge on any atom is 0.123 e. The first kappa shape index (κ1) is 12.4. The van der Waals surface area contributed by atoms with Crippen molar-refractivity contribution in [3.8, 4) is 0 Å². The summed E-state index contributed by atoms with van der Waals surface area (Å²) < 4.78 is 12.9. The lowest BCUT2D eigenvalue weighted by Gasteiger charge is -2.36. The number of halogens is 1. The molecule has 1 heterocycles. The first-order chi connectivity index (χ1) is 8.07. The second kappa shape index (κ2) is 5.05. The van der Waals surface area contributed by atoms with Crippen LogP contribution in [-0.2, 0) is 0 Å². The van der Waals surface area contributed by atoms with Crippen LogP contribution in [0.15, 0.2) is 24.3 Å². The number of nitrogens with zero attached hydrogens (tertiary/aromatic N) is 1. The molecule has 0 radical (unpaired) electrons. The van der Waals surface area contributed by atoms with Gasteiger partial charge in [-0.1, -0.05) is 13.8 Å². The predicted octanol–water partition coefficient (Wildman–Crippen LogP) is 2.65. The van der Waals surface area contributed by atoms with Gasteiger partial charge in [0, 0.05) is 25.3 Å². The Kier molecular flexibility index (Phi) is 3.67. The minimum atomic E-state index is -0.165. The van der Waals surface area contributed by atoms with Crippen molar-refractivity contribution in [3.63, 3.8) is 0 Å². The molecule has 1 aliphatic rings. The molecule has 0 saturated carbocycles. The fraction of sp³-hybridized carbons (Fsp3) is 0.571. The monoisotopic (exact) mass is 236 g/mol. The van der Waals surface area contributed by atoms with Gasteiger partial charge in [0.15, 0.2) is 0 Å². The third kappa shape index (κ3) is 3.43. The zero-order valence-corrected chi connectivity index (χ0v) is 10.7. The molecule has 1 saturated heterocycles. The van der Waals surface area contributed by atoms with E-state index in [9.17, 15) is 4.39 Å². The molecule has 0 unspecified atom stereocenters. The lowest BCUT2D eigenvalue weighted by Crippen LogP contribution is -2.44. The Morgan fingerprint density at radius 3 is 2.65 bits per heavy atom. The van der Waals surface area contributed by atoms with Crippen molar-refractivity contribution in [2.24, 2.45) is 5.41 Å². The van der Waals surface area contributed by atoms with Crippen LogP contribution in [0.4, 0.5) is 10.1 Å². The predicted molar refractivity (Wildman–Crippen MR) is 69.9 cm³/mol. The molecule has 2 nitrogen and oxygen atoms in total. The van der Waals surface area contributed by atoms with Crippen LogP contribution in [0.25, 0.3) is 0 Å². The van der Waals surface area contributed by atoms with E-state index < -0.39 is 0 Å². The van der Waals surface area contributed by atoms with Crippen LogP contribution in [0, 0.1) is 11.2 Å². The number of rotatable bonds is 1. The van der Waals surface area contributed by atoms with Gasteiger partial charge in [-0.2, -0.15) is 0 Å². The van der Waals surface area contributed by atoms with E-state index in [1.54, 1.807) is 12.1 Å². The van der Waals surface area contributed by atoms with Crippen molar-refractivity contribution in [3.05, 3.63) is 30.1 Å². The summed E-state index contributed by atoms with van der Waals surface area (Å²) in [5, 5.41) is 3.47. The fourth-order valence-corrected chi connectivity index (χ4v) is 2.35. The highest BCUT2D eigenvalue weighted by Crippen LogP contribution is 2.23. The Morgan fingerprint density at radius 2 is 1.94 bits per heavy atom. The molecule has 17 heavy (non-hydrogen) atoms. The number of benzene rings is 1. The zero-order valence-electron chi connectivity index (χ0n) is 10.7. The van der Waals surface area contributed by atoms with Crippen molar-refractivity contribution >= 4 is 5.69 Å². The summed E-state index contributed by atoms with van der Waals surface area (Å²) in [6.45, 7) is 8.66. The minimum Gasteiger partial charge on any atom is -0.371 e. The summed E-state index contributed by atoms with van der Waals surface area (Å²) >= 11 is 0. The third-order valence-corrected chi connectivity index (χ3v) is 3.20. The summed E-state index contributed by atoms with van der Waals surface area (Å²) in [5.41, 5.74) is 1.37. The van der Waals surface area contributed by atoms with Gasteiger partial charge >= 0.3 is 0 Å². The molecule has 0 spiro atoms. The maximum atomic E-state index is 12.9. The van der Waals surface area contributed by atoms with E-state index in [2.05, 4.69) is 24.1 Å². The van der Waals surface area contributed by atoms with Gasteiger partial charge in [-0.25, -0.2) is 4.39 Å². The highest BCUT2D eigenvalue weighted by atomic mass is 19.1. The smallest absolute Gasteiger partial charge is 0.123 e. The lowest BCUT2D eigenvalue weighted by atomic mass is 9.91. The van der Waals surface area contributed by atoms with E-state index in [-0.39, 0.29) is 11.2 Å². The van der Waals surface area contributed by atoms with Gasteiger partial charge in [0.2, 0.25) is 0 Å². The van der Waals surface area contributed by atoms with Gasteiger partial charge in [-0.15, -0.1) is 0 Å². The second-order valence-corrected chi connectivity index (χ2v) is 5.59. The highest BCUT2D eigenvalue weighted by Gasteiger charge is 2.23. The normalized spacial score (nSPS) is 20.8. The summed E-state index contributed by atoms with van der Waals surface area (Å²) in [4.78, 5) is 2.36. The molecule has 1 fully saturated rings. The van der Waals surface area contributed by atoms with Crippen LogP contribution < -0.4 is 10.2 Å². The SMILES string of the molecule is CC1(C)CNCCCN(c2ccc(F)cc2)C1. The van der Waals surface area contributed by atoms with Crippen LogP contribution in [-0.4, -0.2) is 26.2 Å². The molecule has 0 aromatic heterocycles. The molecule has 1 aliphatic heterocycles. The van der Waals surface area contributed by atoms with Crippen LogP contribution in [0.2, 0.25) is 0 Å². The third-order valence-electron chi connectivity index (χ3n) is 3.20. The number of anilines is 1. The quantitative estimate of drug-likeness (QED) is 0.806. The largest absolute Gasteiger partial charge is 0.371 e. The van der Waals surface area contributed by atoms with Gasteiger partial charge in [-0.05, 0) is 42.6 Å². The fourth-order valence-electron chi connectivity index (χ4n) is 2.35. The van der Waals surface area contributed by atoms with E-state index >= 15 is 0 Å². The Balaban J connectivity index is 2.14. The standard InChI is InChI=1S/C14H21FN2/c1-14(2)10-16-8-3-9-17(11-14)13-6-4-12(15)5-7-13/h4-7,16H,3,8-11H2,1-2H3. The van der Waals surface area contributed by atoms with E-state index in [1.807, 2.05) is 12.1 Å². The van der Waals surface area contributed by atoms with Gasteiger partial charge in [0.1, 0.15) is 5.82 Å². The van der Waals surface area contributed by atoms with Crippen LogP contribution in [0.5, 0.6) is 0 Å². The van der Waals surface area contributed by atoms with Crippen molar-refractivity contribution in [1.82, 2.24) is 5.32 Å². The number of nitrogens with one attached hydrogen (secondary N) is 1. The van der Waals surface area contributed by atoms with Crippen LogP contribution in [0.1, 0.15) is 20.3 Å². The van der Waals surface area contributed by atoms with Crippen molar-refractivity contribution in [1.29, 1.82) is 0 Å². The summed E-state index contributed by atoms with van der Waals surface area (Å²) in [6, 6.07) is 6.83. The Bertz CT molecular complexity index is 359. The summed E-state index contributed by atoms with van der Waals surface area (Å²) in [6.07, 6.45) is 1.13. The number of hydrogen-bond donors (Lipinski definition) is 1. The van der Waals surface area contributed by atoms with Crippen molar-refractivity contribution in [2.75, 3.05) is 31.1 Å². The summed E-state index contributed by atoms with van der Waals surface area (Å²) in [7, 11) is 0. The molecule has 1 N–H and O–H groups in total. The molecule has 1 aromatic carbocycles. The highest BCUT2D eigenvalue weighted by molar-refractivity contribution is 5.46. The molecule has 1 aromatic rings. The average Bonchev–Trinajstić information content (AvgIpc) is 2.25. The molecular formula is C14H21FN2. The number of hydrogen-bond acceptors (Lipinski definition) is 2. The Labute approximate surface area is 103 Å². The van der Waals surface area contributed by atoms with E-state index in [0.717, 1.165) is 38.3 Å². The van der Waals surface area contributed by atoms with Gasteiger partial charge < -0.3 is 10.2 Å². The molecule has 94 valence electrons. The molecule has 0 aliphatic carbocycles. The zero-order chi connectivity index (χ0) is 12.3. The minimum absolute atomic E-state index is 0.165. The molecule has 0 amide bonds. The first-order valence-corrected chi connectivity index (χ1v) is 6.28. The van der Waals surface area contributed by atoms with E-state index in [0.29, 0.717) is 0 Å². The topological polar surface area (TPSA) is 15.3 Å². The Morgan fingerprint density at radius 1 is 1.24 bits per heavy atom. The average molecular weight is 236 g/mol. The molecular weight excluding hydrogens is 215 g/mol. The van der Waals surface area contributed by atoms with Crippen LogP contribution >= 0.6 is 0 Å². The van der Waals surface area contributed by atoms with Gasteiger partial charge in [0.05, 0.1) is 0 Å². The first-order valence-electron chi connectivity index (χ1n) is 6.28. The van der Waals surface area contributed by atoms with E-state index in [4.69, 9.17) is 0 Å². The Hall–Kier alpha value is -1.09. The van der Waals surface area contributed by atoms with Gasteiger partial charge in [0.25, 0.3) is 0 Å². The van der Waals surface area contributed by atoms with Gasteiger partial charge in [-0.3, -0.25) is 0 Å². The lowest BCUT2D eigenvalue weighted by molar-refractivity contribution is 0.325. The second-order valence-electron chi connectivity index (χ2n) is 5.59. The van der Waals surface area contributed by atoms with Crippen LogP contribution in [0.3, 0.4) is 0 Å². The molecule has 3 heteroatoms. The molecule has 0 bridgehead atoms. The van der Waals surface area contributed by atoms with Crippen molar-refractivity contribution in [2.45, 2.75) is 20.3 Å². The maximum absolute atomic E-state index is 12.9. The summed E-state index contributed by atoms with van der Waals surface area (Å²) in [5.74, 6) is -0.165. The van der Waals surface area contributed by atoms with E-state index in [1.165, 1.54) is 0 Å².